The molecule has 0 saturated heterocycles. The number of benzene rings is 2. The van der Waals surface area contributed by atoms with Gasteiger partial charge < -0.3 is 0 Å². The summed E-state index contributed by atoms with van der Waals surface area (Å²) in [6.45, 7) is 4.12. The van der Waals surface area contributed by atoms with E-state index in [0.29, 0.717) is 18.4 Å². The Labute approximate surface area is 167 Å². The van der Waals surface area contributed by atoms with Crippen molar-refractivity contribution in [2.24, 2.45) is 10.2 Å². The Bertz CT molecular complexity index is 757. The molecule has 0 spiro atoms. The summed E-state index contributed by atoms with van der Waals surface area (Å²) >= 11 is 0. The van der Waals surface area contributed by atoms with Gasteiger partial charge in [0.25, 0.3) is 0 Å². The van der Waals surface area contributed by atoms with Crippen molar-refractivity contribution >= 4 is 12.4 Å². The molecular formula is C24H30F2N2. The van der Waals surface area contributed by atoms with Gasteiger partial charge in [0.15, 0.2) is 0 Å². The molecule has 0 radical (unpaired) electrons. The minimum atomic E-state index is -0.530. The number of hydrogen-bond acceptors (Lipinski definition) is 2. The van der Waals surface area contributed by atoms with Crippen molar-refractivity contribution in [1.82, 2.24) is 0 Å². The summed E-state index contributed by atoms with van der Waals surface area (Å²) in [5, 5.41) is 7.89. The summed E-state index contributed by atoms with van der Waals surface area (Å²) in [6, 6.07) is 10.8. The molecule has 2 aromatic carbocycles. The maximum atomic E-state index is 13.9. The zero-order valence-corrected chi connectivity index (χ0v) is 16.9. The van der Waals surface area contributed by atoms with Gasteiger partial charge in [-0.05, 0) is 42.5 Å². The van der Waals surface area contributed by atoms with E-state index in [4.69, 9.17) is 0 Å². The third kappa shape index (κ3) is 7.34. The van der Waals surface area contributed by atoms with Gasteiger partial charge in [-0.25, -0.2) is 8.78 Å². The van der Waals surface area contributed by atoms with Gasteiger partial charge in [-0.15, -0.1) is 0 Å². The number of unbranched alkanes of at least 4 members (excludes halogenated alkanes) is 4. The van der Waals surface area contributed by atoms with E-state index in [0.717, 1.165) is 12.0 Å². The lowest BCUT2D eigenvalue weighted by atomic mass is 10.0. The summed E-state index contributed by atoms with van der Waals surface area (Å²) in [4.78, 5) is 0. The van der Waals surface area contributed by atoms with E-state index in [1.165, 1.54) is 56.0 Å². The molecule has 2 nitrogen and oxygen atoms in total. The van der Waals surface area contributed by atoms with Crippen molar-refractivity contribution in [1.29, 1.82) is 0 Å². The molecule has 2 aromatic rings. The summed E-state index contributed by atoms with van der Waals surface area (Å²) in [5.74, 6) is -1.06. The highest BCUT2D eigenvalue weighted by Gasteiger charge is 2.09. The smallest absolute Gasteiger partial charge is 0.129 e. The van der Waals surface area contributed by atoms with E-state index >= 15 is 0 Å². The Balaban J connectivity index is 1.87. The highest BCUT2D eigenvalue weighted by atomic mass is 19.1. The number of hydrogen-bond donors (Lipinski definition) is 0. The van der Waals surface area contributed by atoms with Crippen LogP contribution in [0.4, 0.5) is 8.78 Å². The van der Waals surface area contributed by atoms with Crippen molar-refractivity contribution in [3.63, 3.8) is 0 Å². The quantitative estimate of drug-likeness (QED) is 0.229. The first-order valence-corrected chi connectivity index (χ1v) is 10.3. The normalized spacial score (nSPS) is 11.7. The van der Waals surface area contributed by atoms with Crippen LogP contribution in [0.2, 0.25) is 0 Å². The topological polar surface area (TPSA) is 24.7 Å². The van der Waals surface area contributed by atoms with Crippen molar-refractivity contribution < 1.29 is 8.78 Å². The third-order valence-electron chi connectivity index (χ3n) is 4.69. The molecule has 0 amide bonds. The molecule has 2 rings (SSSR count). The predicted molar refractivity (Wildman–Crippen MR) is 114 cm³/mol. The molecular weight excluding hydrogens is 354 g/mol. The van der Waals surface area contributed by atoms with Crippen LogP contribution >= 0.6 is 0 Å². The molecule has 0 saturated carbocycles. The average Bonchev–Trinajstić information content (AvgIpc) is 2.69. The summed E-state index contributed by atoms with van der Waals surface area (Å²) < 4.78 is 27.8. The standard InChI is InChI=1S/C24H30F2N2/c1-3-5-6-7-8-10-19-11-13-20(14-12-19)17-27-28-18-21-15-23(25)22(9-4-2)24(26)16-21/h11-18H,3-10H2,1-2H3. The molecule has 28 heavy (non-hydrogen) atoms. The monoisotopic (exact) mass is 384 g/mol. The van der Waals surface area contributed by atoms with Crippen LogP contribution in [0.25, 0.3) is 0 Å². The van der Waals surface area contributed by atoms with E-state index < -0.39 is 11.6 Å². The molecule has 0 aromatic heterocycles. The summed E-state index contributed by atoms with van der Waals surface area (Å²) in [6.07, 6.45) is 11.6. The van der Waals surface area contributed by atoms with Crippen LogP contribution in [0.5, 0.6) is 0 Å². The Hall–Kier alpha value is -2.36. The zero-order valence-electron chi connectivity index (χ0n) is 16.9. The van der Waals surface area contributed by atoms with Crippen LogP contribution in [-0.2, 0) is 12.8 Å². The molecule has 0 heterocycles. The summed E-state index contributed by atoms with van der Waals surface area (Å²) in [5.41, 5.74) is 2.77. The number of rotatable bonds is 11. The van der Waals surface area contributed by atoms with E-state index in [2.05, 4.69) is 29.3 Å². The lowest BCUT2D eigenvalue weighted by Gasteiger charge is -2.04. The van der Waals surface area contributed by atoms with Crippen molar-refractivity contribution in [3.8, 4) is 0 Å². The van der Waals surface area contributed by atoms with Gasteiger partial charge in [-0.1, -0.05) is 70.2 Å². The third-order valence-corrected chi connectivity index (χ3v) is 4.69. The van der Waals surface area contributed by atoms with Gasteiger partial charge in [0.05, 0.1) is 12.4 Å². The fourth-order valence-corrected chi connectivity index (χ4v) is 3.09. The van der Waals surface area contributed by atoms with Gasteiger partial charge in [0, 0.05) is 11.1 Å². The van der Waals surface area contributed by atoms with Gasteiger partial charge in [-0.2, -0.15) is 10.2 Å². The van der Waals surface area contributed by atoms with Gasteiger partial charge in [-0.3, -0.25) is 0 Å². The highest BCUT2D eigenvalue weighted by molar-refractivity contribution is 5.82. The molecule has 0 atom stereocenters. The maximum absolute atomic E-state index is 13.9. The fraction of sp³-hybridized carbons (Fsp3) is 0.417. The molecule has 0 aliphatic carbocycles. The molecule has 4 heteroatoms. The fourth-order valence-electron chi connectivity index (χ4n) is 3.09. The van der Waals surface area contributed by atoms with E-state index in [9.17, 15) is 8.78 Å². The first-order valence-electron chi connectivity index (χ1n) is 10.3. The first kappa shape index (κ1) is 21.9. The average molecular weight is 385 g/mol. The second-order valence-corrected chi connectivity index (χ2v) is 7.11. The lowest BCUT2D eigenvalue weighted by molar-refractivity contribution is 0.552. The molecule has 0 N–H and O–H groups in total. The van der Waals surface area contributed by atoms with E-state index in [1.54, 1.807) is 6.21 Å². The Morgan fingerprint density at radius 2 is 1.32 bits per heavy atom. The number of nitrogens with zero attached hydrogens (tertiary/aromatic N) is 2. The van der Waals surface area contributed by atoms with Crippen molar-refractivity contribution in [2.75, 3.05) is 0 Å². The Kier molecular flexibility index (Phi) is 9.53. The van der Waals surface area contributed by atoms with Crippen LogP contribution in [-0.4, -0.2) is 12.4 Å². The second kappa shape index (κ2) is 12.2. The minimum Gasteiger partial charge on any atom is -0.207 e. The lowest BCUT2D eigenvalue weighted by Crippen LogP contribution is -1.97. The van der Waals surface area contributed by atoms with Crippen LogP contribution < -0.4 is 0 Å². The van der Waals surface area contributed by atoms with Crippen LogP contribution in [0.3, 0.4) is 0 Å². The summed E-state index contributed by atoms with van der Waals surface area (Å²) in [7, 11) is 0. The maximum Gasteiger partial charge on any atom is 0.129 e. The van der Waals surface area contributed by atoms with Gasteiger partial charge in [0.1, 0.15) is 11.6 Å². The van der Waals surface area contributed by atoms with Crippen LogP contribution in [0.1, 0.15) is 74.6 Å². The molecule has 0 bridgehead atoms. The van der Waals surface area contributed by atoms with Gasteiger partial charge >= 0.3 is 0 Å². The molecule has 150 valence electrons. The highest BCUT2D eigenvalue weighted by Crippen LogP contribution is 2.16. The van der Waals surface area contributed by atoms with Crippen molar-refractivity contribution in [3.05, 3.63) is 70.3 Å². The van der Waals surface area contributed by atoms with E-state index in [-0.39, 0.29) is 5.56 Å². The number of aryl methyl sites for hydroxylation is 1. The zero-order chi connectivity index (χ0) is 20.2. The number of halogens is 2. The first-order chi connectivity index (χ1) is 13.6. The van der Waals surface area contributed by atoms with Crippen molar-refractivity contribution in [2.45, 2.75) is 65.2 Å². The minimum absolute atomic E-state index is 0.133. The SMILES string of the molecule is CCCCCCCc1ccc(C=NN=Cc2cc(F)c(CCC)c(F)c2)cc1. The van der Waals surface area contributed by atoms with E-state index in [1.807, 2.05) is 19.1 Å². The van der Waals surface area contributed by atoms with Gasteiger partial charge in [0.2, 0.25) is 0 Å². The van der Waals surface area contributed by atoms with Crippen LogP contribution in [0.15, 0.2) is 46.6 Å². The Morgan fingerprint density at radius 3 is 1.93 bits per heavy atom. The van der Waals surface area contributed by atoms with Crippen LogP contribution in [0, 0.1) is 11.6 Å². The largest absolute Gasteiger partial charge is 0.207 e. The molecule has 0 aliphatic rings. The molecule has 0 fully saturated rings. The Morgan fingerprint density at radius 1 is 0.714 bits per heavy atom. The molecule has 0 unspecified atom stereocenters. The molecule has 0 aliphatic heterocycles. The predicted octanol–water partition coefficient (Wildman–Crippen LogP) is 6.88. The second-order valence-electron chi connectivity index (χ2n) is 7.11.